The highest BCUT2D eigenvalue weighted by Gasteiger charge is 2.14. The van der Waals surface area contributed by atoms with Gasteiger partial charge in [-0.05, 0) is 31.8 Å². The van der Waals surface area contributed by atoms with E-state index in [1.807, 2.05) is 42.5 Å². The van der Waals surface area contributed by atoms with Gasteiger partial charge in [-0.2, -0.15) is 0 Å². The second-order valence-electron chi connectivity index (χ2n) is 5.04. The van der Waals surface area contributed by atoms with E-state index in [2.05, 4.69) is 31.1 Å². The molecule has 2 nitrogen and oxygen atoms in total. The smallest absolute Gasteiger partial charge is 0.138 e. The molecule has 0 aromatic heterocycles. The van der Waals surface area contributed by atoms with Crippen molar-refractivity contribution in [2.75, 3.05) is 20.6 Å². The van der Waals surface area contributed by atoms with Crippen molar-refractivity contribution in [1.82, 2.24) is 4.90 Å². The summed E-state index contributed by atoms with van der Waals surface area (Å²) < 4.78 is 6.12. The minimum atomic E-state index is 0.0125. The molecule has 106 valence electrons. The Morgan fingerprint density at radius 3 is 2.30 bits per heavy atom. The Bertz CT molecular complexity index is 528. The Labute approximate surface area is 125 Å². The predicted octanol–water partition coefficient (Wildman–Crippen LogP) is 4.41. The molecule has 0 aliphatic carbocycles. The number of benzene rings is 2. The number of ether oxygens (including phenoxy) is 1. The number of hydrogen-bond acceptors (Lipinski definition) is 2. The summed E-state index contributed by atoms with van der Waals surface area (Å²) in [4.78, 5) is 2.16. The van der Waals surface area contributed by atoms with Crippen molar-refractivity contribution in [3.05, 3.63) is 65.2 Å². The molecule has 1 unspecified atom stereocenters. The van der Waals surface area contributed by atoms with E-state index in [0.717, 1.165) is 18.7 Å². The molecule has 0 aliphatic heterocycles. The molecule has 3 heteroatoms. The second-order valence-corrected chi connectivity index (χ2v) is 5.45. The molecular weight excluding hydrogens is 270 g/mol. The van der Waals surface area contributed by atoms with Crippen LogP contribution in [0.3, 0.4) is 0 Å². The quantitative estimate of drug-likeness (QED) is 0.781. The average molecular weight is 290 g/mol. The molecule has 2 rings (SSSR count). The molecule has 1 atom stereocenters. The van der Waals surface area contributed by atoms with Crippen LogP contribution in [0.15, 0.2) is 54.6 Å². The van der Waals surface area contributed by atoms with Crippen LogP contribution >= 0.6 is 11.6 Å². The van der Waals surface area contributed by atoms with Gasteiger partial charge in [0.15, 0.2) is 0 Å². The zero-order chi connectivity index (χ0) is 14.4. The fourth-order valence-corrected chi connectivity index (χ4v) is 2.21. The van der Waals surface area contributed by atoms with Gasteiger partial charge >= 0.3 is 0 Å². The molecule has 0 bridgehead atoms. The number of halogens is 1. The van der Waals surface area contributed by atoms with Gasteiger partial charge in [0, 0.05) is 13.0 Å². The van der Waals surface area contributed by atoms with Crippen LogP contribution in [0.1, 0.15) is 18.1 Å². The fraction of sp³-hybridized carbons (Fsp3) is 0.294. The number of para-hydroxylation sites is 1. The molecule has 0 saturated carbocycles. The highest BCUT2D eigenvalue weighted by molar-refractivity contribution is 6.32. The molecule has 0 radical (unpaired) electrons. The van der Waals surface area contributed by atoms with Crippen LogP contribution in [-0.2, 0) is 0 Å². The summed E-state index contributed by atoms with van der Waals surface area (Å²) in [6, 6.07) is 17.9. The van der Waals surface area contributed by atoms with Gasteiger partial charge in [0.05, 0.1) is 5.02 Å². The van der Waals surface area contributed by atoms with E-state index in [9.17, 15) is 0 Å². The SMILES string of the molecule is CN(C)CCC(Oc1ccccc1Cl)c1ccccc1. The summed E-state index contributed by atoms with van der Waals surface area (Å²) >= 11 is 6.18. The Balaban J connectivity index is 2.16. The minimum absolute atomic E-state index is 0.0125. The van der Waals surface area contributed by atoms with E-state index < -0.39 is 0 Å². The lowest BCUT2D eigenvalue weighted by atomic mass is 10.1. The Morgan fingerprint density at radius 1 is 1.00 bits per heavy atom. The molecule has 0 aliphatic rings. The molecule has 0 N–H and O–H groups in total. The van der Waals surface area contributed by atoms with E-state index in [1.165, 1.54) is 5.56 Å². The van der Waals surface area contributed by atoms with Crippen LogP contribution in [0, 0.1) is 0 Å². The lowest BCUT2D eigenvalue weighted by molar-refractivity contribution is 0.179. The van der Waals surface area contributed by atoms with E-state index in [1.54, 1.807) is 0 Å². The summed E-state index contributed by atoms with van der Waals surface area (Å²) in [6.07, 6.45) is 0.931. The summed E-state index contributed by atoms with van der Waals surface area (Å²) in [6.45, 7) is 0.962. The Kier molecular flexibility index (Phi) is 5.45. The Hall–Kier alpha value is -1.51. The molecule has 0 heterocycles. The van der Waals surface area contributed by atoms with E-state index in [0.29, 0.717) is 5.02 Å². The van der Waals surface area contributed by atoms with Crippen molar-refractivity contribution in [2.24, 2.45) is 0 Å². The largest absolute Gasteiger partial charge is 0.484 e. The van der Waals surface area contributed by atoms with Gasteiger partial charge in [-0.25, -0.2) is 0 Å². The first kappa shape index (κ1) is 14.9. The maximum Gasteiger partial charge on any atom is 0.138 e. The van der Waals surface area contributed by atoms with Crippen molar-refractivity contribution in [3.63, 3.8) is 0 Å². The van der Waals surface area contributed by atoms with Gasteiger partial charge in [-0.15, -0.1) is 0 Å². The lowest BCUT2D eigenvalue weighted by Gasteiger charge is -2.22. The topological polar surface area (TPSA) is 12.5 Å². The van der Waals surface area contributed by atoms with Gasteiger partial charge in [0.2, 0.25) is 0 Å². The summed E-state index contributed by atoms with van der Waals surface area (Å²) in [5.74, 6) is 0.738. The third-order valence-electron chi connectivity index (χ3n) is 3.12. The van der Waals surface area contributed by atoms with E-state index in [-0.39, 0.29) is 6.10 Å². The molecule has 0 saturated heterocycles. The van der Waals surface area contributed by atoms with Crippen molar-refractivity contribution < 1.29 is 4.74 Å². The van der Waals surface area contributed by atoms with Gasteiger partial charge < -0.3 is 9.64 Å². The zero-order valence-electron chi connectivity index (χ0n) is 11.9. The van der Waals surface area contributed by atoms with Crippen molar-refractivity contribution in [3.8, 4) is 5.75 Å². The van der Waals surface area contributed by atoms with Crippen LogP contribution in [0.5, 0.6) is 5.75 Å². The van der Waals surface area contributed by atoms with Gasteiger partial charge in [-0.3, -0.25) is 0 Å². The second kappa shape index (κ2) is 7.32. The maximum atomic E-state index is 6.18. The zero-order valence-corrected chi connectivity index (χ0v) is 12.7. The van der Waals surface area contributed by atoms with Crippen LogP contribution in [-0.4, -0.2) is 25.5 Å². The first-order valence-electron chi connectivity index (χ1n) is 6.77. The number of rotatable bonds is 6. The first-order valence-corrected chi connectivity index (χ1v) is 7.15. The molecule has 0 spiro atoms. The highest BCUT2D eigenvalue weighted by atomic mass is 35.5. The number of hydrogen-bond donors (Lipinski definition) is 0. The molecule has 20 heavy (non-hydrogen) atoms. The maximum absolute atomic E-state index is 6.18. The highest BCUT2D eigenvalue weighted by Crippen LogP contribution is 2.30. The van der Waals surface area contributed by atoms with Crippen LogP contribution < -0.4 is 4.74 Å². The third kappa shape index (κ3) is 4.26. The van der Waals surface area contributed by atoms with Crippen LogP contribution in [0.25, 0.3) is 0 Å². The minimum Gasteiger partial charge on any atom is -0.484 e. The van der Waals surface area contributed by atoms with Gasteiger partial charge in [-0.1, -0.05) is 54.1 Å². The molecular formula is C17H20ClNO. The van der Waals surface area contributed by atoms with Crippen molar-refractivity contribution >= 4 is 11.6 Å². The average Bonchev–Trinajstić information content (AvgIpc) is 2.46. The van der Waals surface area contributed by atoms with Crippen LogP contribution in [0.2, 0.25) is 5.02 Å². The normalized spacial score (nSPS) is 12.4. The summed E-state index contributed by atoms with van der Waals surface area (Å²) in [5.41, 5.74) is 1.18. The van der Waals surface area contributed by atoms with Crippen LogP contribution in [0.4, 0.5) is 0 Å². The van der Waals surface area contributed by atoms with Crippen molar-refractivity contribution in [1.29, 1.82) is 0 Å². The van der Waals surface area contributed by atoms with Gasteiger partial charge in [0.1, 0.15) is 11.9 Å². The molecule has 0 amide bonds. The standard InChI is InChI=1S/C17H20ClNO/c1-19(2)13-12-16(14-8-4-3-5-9-14)20-17-11-7-6-10-15(17)18/h3-11,16H,12-13H2,1-2H3. The first-order chi connectivity index (χ1) is 9.66. The summed E-state index contributed by atoms with van der Waals surface area (Å²) in [5, 5.41) is 0.651. The monoisotopic (exact) mass is 289 g/mol. The van der Waals surface area contributed by atoms with Crippen molar-refractivity contribution in [2.45, 2.75) is 12.5 Å². The number of nitrogens with zero attached hydrogens (tertiary/aromatic N) is 1. The molecule has 0 fully saturated rings. The lowest BCUT2D eigenvalue weighted by Crippen LogP contribution is -2.18. The fourth-order valence-electron chi connectivity index (χ4n) is 2.03. The van der Waals surface area contributed by atoms with Gasteiger partial charge in [0.25, 0.3) is 0 Å². The summed E-state index contributed by atoms with van der Waals surface area (Å²) in [7, 11) is 4.13. The van der Waals surface area contributed by atoms with E-state index >= 15 is 0 Å². The predicted molar refractivity (Wildman–Crippen MR) is 84.4 cm³/mol. The molecule has 2 aromatic rings. The third-order valence-corrected chi connectivity index (χ3v) is 3.43. The van der Waals surface area contributed by atoms with E-state index in [4.69, 9.17) is 16.3 Å². The molecule has 2 aromatic carbocycles. The Morgan fingerprint density at radius 2 is 1.65 bits per heavy atom.